The van der Waals surface area contributed by atoms with Crippen LogP contribution in [0.5, 0.6) is 5.75 Å². The molecule has 1 aromatic carbocycles. The number of amides is 1. The molecule has 0 aliphatic rings. The molecule has 2 N–H and O–H groups in total. The van der Waals surface area contributed by atoms with Crippen LogP contribution < -0.4 is 10.1 Å². The standard InChI is InChI=1S/C14H16BrF4NO3/c1-7(2)3-9(20-13(21)22)6-23-12-10(14(17,18)19)4-8(15)5-11(12)16/h4-5,7,9,20H,3,6H2,1-2H3,(H,21,22). The molecule has 0 aliphatic heterocycles. The molecule has 1 unspecified atom stereocenters. The maximum atomic E-state index is 13.8. The van der Waals surface area contributed by atoms with Crippen molar-refractivity contribution >= 4 is 22.0 Å². The van der Waals surface area contributed by atoms with E-state index in [4.69, 9.17) is 9.84 Å². The SMILES string of the molecule is CC(C)CC(COc1c(F)cc(Br)cc1C(F)(F)F)NC(=O)O. The zero-order chi connectivity index (χ0) is 17.8. The second kappa shape index (κ2) is 7.85. The number of carboxylic acid groups (broad SMARTS) is 1. The van der Waals surface area contributed by atoms with Crippen LogP contribution >= 0.6 is 15.9 Å². The number of rotatable bonds is 6. The lowest BCUT2D eigenvalue weighted by Gasteiger charge is -2.21. The molecule has 0 saturated heterocycles. The molecule has 1 amide bonds. The third-order valence-corrected chi connectivity index (χ3v) is 3.28. The summed E-state index contributed by atoms with van der Waals surface area (Å²) < 4.78 is 57.7. The minimum atomic E-state index is -4.80. The summed E-state index contributed by atoms with van der Waals surface area (Å²) in [5.41, 5.74) is -1.26. The molecule has 0 aliphatic carbocycles. The van der Waals surface area contributed by atoms with Gasteiger partial charge in [-0.25, -0.2) is 9.18 Å². The number of alkyl halides is 3. The van der Waals surface area contributed by atoms with Crippen LogP contribution in [0.25, 0.3) is 0 Å². The van der Waals surface area contributed by atoms with Gasteiger partial charge in [0.05, 0.1) is 6.04 Å². The zero-order valence-corrected chi connectivity index (χ0v) is 14.0. The Balaban J connectivity index is 3.00. The Morgan fingerprint density at radius 3 is 2.48 bits per heavy atom. The Bertz CT molecular complexity index is 564. The predicted molar refractivity (Wildman–Crippen MR) is 79.0 cm³/mol. The van der Waals surface area contributed by atoms with Gasteiger partial charge in [-0.2, -0.15) is 13.2 Å². The van der Waals surface area contributed by atoms with Crippen LogP contribution in [0.3, 0.4) is 0 Å². The van der Waals surface area contributed by atoms with E-state index in [-0.39, 0.29) is 10.4 Å². The normalized spacial score (nSPS) is 13.0. The fourth-order valence-corrected chi connectivity index (χ4v) is 2.44. The van der Waals surface area contributed by atoms with Gasteiger partial charge in [-0.1, -0.05) is 29.8 Å². The molecule has 1 rings (SSSR count). The van der Waals surface area contributed by atoms with Gasteiger partial charge in [-0.3, -0.25) is 0 Å². The van der Waals surface area contributed by atoms with Crippen molar-refractivity contribution in [2.45, 2.75) is 32.5 Å². The number of halogens is 5. The molecule has 4 nitrogen and oxygen atoms in total. The highest BCUT2D eigenvalue weighted by atomic mass is 79.9. The highest BCUT2D eigenvalue weighted by Crippen LogP contribution is 2.39. The average Bonchev–Trinajstić information content (AvgIpc) is 2.33. The van der Waals surface area contributed by atoms with E-state index in [1.165, 1.54) is 0 Å². The van der Waals surface area contributed by atoms with E-state index in [9.17, 15) is 22.4 Å². The van der Waals surface area contributed by atoms with E-state index in [0.29, 0.717) is 12.5 Å². The van der Waals surface area contributed by atoms with Crippen molar-refractivity contribution in [2.24, 2.45) is 5.92 Å². The molecular formula is C14H16BrF4NO3. The number of hydrogen-bond acceptors (Lipinski definition) is 2. The van der Waals surface area contributed by atoms with Crippen molar-refractivity contribution in [2.75, 3.05) is 6.61 Å². The van der Waals surface area contributed by atoms with Crippen molar-refractivity contribution in [1.82, 2.24) is 5.32 Å². The van der Waals surface area contributed by atoms with Gasteiger partial charge >= 0.3 is 12.3 Å². The zero-order valence-electron chi connectivity index (χ0n) is 12.4. The predicted octanol–water partition coefficient (Wildman–Crippen LogP) is 4.67. The van der Waals surface area contributed by atoms with Gasteiger partial charge in [0.2, 0.25) is 0 Å². The Kier molecular flexibility index (Phi) is 6.67. The van der Waals surface area contributed by atoms with Gasteiger partial charge in [-0.05, 0) is 24.5 Å². The van der Waals surface area contributed by atoms with E-state index in [1.807, 2.05) is 13.8 Å². The van der Waals surface area contributed by atoms with Gasteiger partial charge in [0.1, 0.15) is 12.2 Å². The second-order valence-electron chi connectivity index (χ2n) is 5.35. The third-order valence-electron chi connectivity index (χ3n) is 2.83. The highest BCUT2D eigenvalue weighted by Gasteiger charge is 2.36. The fourth-order valence-electron chi connectivity index (χ4n) is 2.01. The Morgan fingerprint density at radius 2 is 2.00 bits per heavy atom. The quantitative estimate of drug-likeness (QED) is 0.681. The molecule has 0 heterocycles. The van der Waals surface area contributed by atoms with E-state index < -0.39 is 42.0 Å². The molecule has 23 heavy (non-hydrogen) atoms. The van der Waals surface area contributed by atoms with Crippen molar-refractivity contribution in [3.05, 3.63) is 28.0 Å². The highest BCUT2D eigenvalue weighted by molar-refractivity contribution is 9.10. The van der Waals surface area contributed by atoms with Crippen molar-refractivity contribution < 1.29 is 32.2 Å². The second-order valence-corrected chi connectivity index (χ2v) is 6.26. The monoisotopic (exact) mass is 401 g/mol. The molecule has 1 aromatic rings. The summed E-state index contributed by atoms with van der Waals surface area (Å²) in [6, 6.07) is 0.810. The smallest absolute Gasteiger partial charge is 0.420 e. The summed E-state index contributed by atoms with van der Waals surface area (Å²) in [6.07, 6.45) is -5.79. The average molecular weight is 402 g/mol. The van der Waals surface area contributed by atoms with Gasteiger partial charge in [0, 0.05) is 4.47 Å². The van der Waals surface area contributed by atoms with Crippen LogP contribution in [-0.4, -0.2) is 23.8 Å². The van der Waals surface area contributed by atoms with E-state index >= 15 is 0 Å². The first-order chi connectivity index (χ1) is 10.5. The first kappa shape index (κ1) is 19.5. The van der Waals surface area contributed by atoms with Crippen LogP contribution in [0.2, 0.25) is 0 Å². The first-order valence-electron chi connectivity index (χ1n) is 6.69. The fraction of sp³-hybridized carbons (Fsp3) is 0.500. The first-order valence-corrected chi connectivity index (χ1v) is 7.48. The molecule has 0 fully saturated rings. The van der Waals surface area contributed by atoms with Crippen LogP contribution in [0.15, 0.2) is 16.6 Å². The van der Waals surface area contributed by atoms with E-state index in [1.54, 1.807) is 0 Å². The van der Waals surface area contributed by atoms with Crippen LogP contribution in [0, 0.1) is 11.7 Å². The summed E-state index contributed by atoms with van der Waals surface area (Å²) in [4.78, 5) is 10.7. The summed E-state index contributed by atoms with van der Waals surface area (Å²) in [7, 11) is 0. The van der Waals surface area contributed by atoms with Crippen LogP contribution in [0.1, 0.15) is 25.8 Å². The number of benzene rings is 1. The number of nitrogens with one attached hydrogen (secondary N) is 1. The number of ether oxygens (including phenoxy) is 1. The van der Waals surface area contributed by atoms with Gasteiger partial charge in [0.15, 0.2) is 11.6 Å². The summed E-state index contributed by atoms with van der Waals surface area (Å²) >= 11 is 2.80. The number of hydrogen-bond donors (Lipinski definition) is 2. The molecule has 0 radical (unpaired) electrons. The van der Waals surface area contributed by atoms with Gasteiger partial charge in [-0.15, -0.1) is 0 Å². The van der Waals surface area contributed by atoms with Crippen LogP contribution in [-0.2, 0) is 6.18 Å². The molecule has 1 atom stereocenters. The third kappa shape index (κ3) is 6.25. The lowest BCUT2D eigenvalue weighted by molar-refractivity contribution is -0.139. The van der Waals surface area contributed by atoms with E-state index in [2.05, 4.69) is 21.2 Å². The number of carbonyl (C=O) groups is 1. The molecule has 130 valence electrons. The Labute approximate surface area is 138 Å². The minimum Gasteiger partial charge on any atom is -0.488 e. The molecule has 9 heteroatoms. The lowest BCUT2D eigenvalue weighted by Crippen LogP contribution is -2.39. The molecule has 0 aromatic heterocycles. The lowest BCUT2D eigenvalue weighted by atomic mass is 10.0. The van der Waals surface area contributed by atoms with Gasteiger partial charge < -0.3 is 15.2 Å². The van der Waals surface area contributed by atoms with Crippen molar-refractivity contribution in [1.29, 1.82) is 0 Å². The molecular weight excluding hydrogens is 386 g/mol. The van der Waals surface area contributed by atoms with E-state index in [0.717, 1.165) is 6.07 Å². The van der Waals surface area contributed by atoms with Crippen LogP contribution in [0.4, 0.5) is 22.4 Å². The minimum absolute atomic E-state index is 0.0722. The summed E-state index contributed by atoms with van der Waals surface area (Å²) in [6.45, 7) is 3.22. The largest absolute Gasteiger partial charge is 0.488 e. The maximum Gasteiger partial charge on any atom is 0.420 e. The van der Waals surface area contributed by atoms with Gasteiger partial charge in [0.25, 0.3) is 0 Å². The van der Waals surface area contributed by atoms with Crippen molar-refractivity contribution in [3.8, 4) is 5.75 Å². The molecule has 0 bridgehead atoms. The Hall–Kier alpha value is -1.51. The molecule has 0 saturated carbocycles. The molecule has 0 spiro atoms. The summed E-state index contributed by atoms with van der Waals surface area (Å²) in [5, 5.41) is 10.9. The topological polar surface area (TPSA) is 58.6 Å². The summed E-state index contributed by atoms with van der Waals surface area (Å²) in [5.74, 6) is -2.04. The van der Waals surface area contributed by atoms with Crippen molar-refractivity contribution in [3.63, 3.8) is 0 Å². The Morgan fingerprint density at radius 1 is 1.39 bits per heavy atom. The maximum absolute atomic E-state index is 13.8.